The van der Waals surface area contributed by atoms with E-state index in [-0.39, 0.29) is 23.7 Å². The number of non-ortho nitro benzene ring substituents is 1. The molecule has 1 fully saturated rings. The first kappa shape index (κ1) is 29.2. The Morgan fingerprint density at radius 2 is 1.95 bits per heavy atom. The predicted molar refractivity (Wildman–Crippen MR) is 155 cm³/mol. The number of thiophene rings is 1. The van der Waals surface area contributed by atoms with E-state index in [2.05, 4.69) is 5.32 Å². The quantitative estimate of drug-likeness (QED) is 0.241. The summed E-state index contributed by atoms with van der Waals surface area (Å²) in [6, 6.07) is 12.9. The van der Waals surface area contributed by atoms with Crippen LogP contribution in [0.2, 0.25) is 5.02 Å². The number of nitro benzene ring substituents is 1. The second-order valence-electron chi connectivity index (χ2n) is 9.66. The molecule has 2 aromatic carbocycles. The molecule has 40 heavy (non-hydrogen) atoms. The van der Waals surface area contributed by atoms with Gasteiger partial charge in [-0.2, -0.15) is 11.3 Å². The van der Waals surface area contributed by atoms with Crippen molar-refractivity contribution >= 4 is 46.8 Å². The summed E-state index contributed by atoms with van der Waals surface area (Å²) in [5, 5.41) is 18.6. The van der Waals surface area contributed by atoms with Crippen LogP contribution in [0.1, 0.15) is 42.6 Å². The van der Waals surface area contributed by atoms with Crippen LogP contribution in [0, 0.1) is 10.1 Å². The first-order chi connectivity index (χ1) is 19.2. The molecule has 2 aliphatic heterocycles. The molecule has 0 aliphatic carbocycles. The summed E-state index contributed by atoms with van der Waals surface area (Å²) in [5.74, 6) is 0.848. The van der Waals surface area contributed by atoms with E-state index in [1.807, 2.05) is 54.8 Å². The van der Waals surface area contributed by atoms with Gasteiger partial charge in [-0.3, -0.25) is 34.5 Å². The van der Waals surface area contributed by atoms with Crippen LogP contribution in [-0.4, -0.2) is 65.7 Å². The molecule has 1 N–H and O–H groups in total. The highest BCUT2D eigenvalue weighted by Gasteiger charge is 2.40. The molecule has 10 nitrogen and oxygen atoms in total. The summed E-state index contributed by atoms with van der Waals surface area (Å²) in [5.41, 5.74) is 2.28. The first-order valence-electron chi connectivity index (χ1n) is 12.7. The van der Waals surface area contributed by atoms with Gasteiger partial charge in [0.25, 0.3) is 5.69 Å². The highest BCUT2D eigenvalue weighted by molar-refractivity contribution is 7.08. The van der Waals surface area contributed by atoms with E-state index >= 15 is 0 Å². The molecule has 2 aliphatic rings. The molecule has 1 aromatic heterocycles. The fourth-order valence-electron chi connectivity index (χ4n) is 4.51. The third-order valence-electron chi connectivity index (χ3n) is 6.32. The minimum Gasteiger partial charge on any atom is -0.490 e. The second kappa shape index (κ2) is 13.0. The minimum atomic E-state index is -0.477. The lowest BCUT2D eigenvalue weighted by atomic mass is 9.95. The Balaban J connectivity index is 0.000000398. The van der Waals surface area contributed by atoms with E-state index in [0.717, 1.165) is 30.6 Å². The summed E-state index contributed by atoms with van der Waals surface area (Å²) in [4.78, 5) is 42.2. The van der Waals surface area contributed by atoms with Gasteiger partial charge in [-0.15, -0.1) is 0 Å². The van der Waals surface area contributed by atoms with E-state index < -0.39 is 11.0 Å². The van der Waals surface area contributed by atoms with Gasteiger partial charge >= 0.3 is 0 Å². The molecule has 0 saturated carbocycles. The van der Waals surface area contributed by atoms with Gasteiger partial charge in [-0.05, 0) is 67.0 Å². The largest absolute Gasteiger partial charge is 0.490 e. The Bertz CT molecular complexity index is 1380. The van der Waals surface area contributed by atoms with Gasteiger partial charge in [0, 0.05) is 24.2 Å². The lowest BCUT2D eigenvalue weighted by molar-refractivity contribution is -0.384. The number of ether oxygens (including phenoxy) is 1. The zero-order chi connectivity index (χ0) is 28.8. The number of benzene rings is 2. The highest BCUT2D eigenvalue weighted by Crippen LogP contribution is 2.44. The zero-order valence-electron chi connectivity index (χ0n) is 22.3. The molecule has 5 rings (SSSR count). The van der Waals surface area contributed by atoms with E-state index in [1.165, 1.54) is 12.1 Å². The van der Waals surface area contributed by atoms with E-state index in [0.29, 0.717) is 28.7 Å². The summed E-state index contributed by atoms with van der Waals surface area (Å²) in [7, 11) is 1.94. The van der Waals surface area contributed by atoms with Gasteiger partial charge in [0.05, 0.1) is 35.2 Å². The maximum absolute atomic E-state index is 12.3. The van der Waals surface area contributed by atoms with Crippen molar-refractivity contribution in [2.24, 2.45) is 4.99 Å². The van der Waals surface area contributed by atoms with Crippen molar-refractivity contribution < 1.29 is 19.2 Å². The molecule has 1 saturated heterocycles. The van der Waals surface area contributed by atoms with Crippen LogP contribution in [-0.2, 0) is 9.59 Å². The van der Waals surface area contributed by atoms with E-state index in [1.54, 1.807) is 34.4 Å². The molecule has 0 radical (unpaired) electrons. The number of halogens is 1. The number of hydrogen-bond donors (Lipinski definition) is 1. The van der Waals surface area contributed by atoms with Gasteiger partial charge in [-0.25, -0.2) is 0 Å². The van der Waals surface area contributed by atoms with Crippen LogP contribution >= 0.6 is 22.9 Å². The number of carbonyl (C=O) groups is 2. The second-order valence-corrected chi connectivity index (χ2v) is 10.9. The SMILES string of the molecule is CC(C)Oc1cc([N+](=O)[O-])ccc1C1=NC(c2ccsc2)C(c2ccc(Cl)cc2)N1C=O.CN1CCNC(=O)C1. The average Bonchev–Trinajstić information content (AvgIpc) is 3.57. The number of aliphatic imine (C=N–C) groups is 1. The van der Waals surface area contributed by atoms with Crippen molar-refractivity contribution in [1.29, 1.82) is 0 Å². The van der Waals surface area contributed by atoms with Crippen molar-refractivity contribution in [1.82, 2.24) is 15.1 Å². The predicted octanol–water partition coefficient (Wildman–Crippen LogP) is 4.85. The molecular formula is C28H30ClN5O5S. The summed E-state index contributed by atoms with van der Waals surface area (Å²) >= 11 is 7.63. The third kappa shape index (κ3) is 6.85. The molecule has 0 spiro atoms. The lowest BCUT2D eigenvalue weighted by Gasteiger charge is -2.26. The molecular weight excluding hydrogens is 554 g/mol. The molecule has 2 amide bonds. The summed E-state index contributed by atoms with van der Waals surface area (Å²) in [6.07, 6.45) is 0.521. The number of amides is 2. The van der Waals surface area contributed by atoms with Crippen molar-refractivity contribution in [3.8, 4) is 5.75 Å². The van der Waals surface area contributed by atoms with Gasteiger partial charge in [0.15, 0.2) is 0 Å². The van der Waals surface area contributed by atoms with Gasteiger partial charge in [-0.1, -0.05) is 23.7 Å². The Morgan fingerprint density at radius 3 is 2.50 bits per heavy atom. The molecule has 12 heteroatoms. The number of carbonyl (C=O) groups excluding carboxylic acids is 2. The number of likely N-dealkylation sites (N-methyl/N-ethyl adjacent to an activating group) is 1. The van der Waals surface area contributed by atoms with Crippen LogP contribution in [0.4, 0.5) is 5.69 Å². The topological polar surface area (TPSA) is 117 Å². The molecule has 3 heterocycles. The maximum Gasteiger partial charge on any atom is 0.273 e. The number of rotatable bonds is 7. The fourth-order valence-corrected chi connectivity index (χ4v) is 5.32. The molecule has 2 unspecified atom stereocenters. The van der Waals surface area contributed by atoms with Crippen LogP contribution in [0.5, 0.6) is 5.75 Å². The Morgan fingerprint density at radius 1 is 1.20 bits per heavy atom. The lowest BCUT2D eigenvalue weighted by Crippen LogP contribution is -2.45. The average molecular weight is 584 g/mol. The highest BCUT2D eigenvalue weighted by atomic mass is 35.5. The number of amidine groups is 1. The Kier molecular flexibility index (Phi) is 9.51. The van der Waals surface area contributed by atoms with Crippen LogP contribution in [0.15, 0.2) is 64.3 Å². The number of nitro groups is 1. The van der Waals surface area contributed by atoms with Gasteiger partial charge in [0.1, 0.15) is 17.6 Å². The fraction of sp³-hybridized carbons (Fsp3) is 0.321. The van der Waals surface area contributed by atoms with E-state index in [9.17, 15) is 19.7 Å². The smallest absolute Gasteiger partial charge is 0.273 e. The van der Waals surface area contributed by atoms with Crippen LogP contribution < -0.4 is 10.1 Å². The number of nitrogens with zero attached hydrogens (tertiary/aromatic N) is 4. The normalized spacial score (nSPS) is 19.0. The number of hydrogen-bond acceptors (Lipinski definition) is 8. The zero-order valence-corrected chi connectivity index (χ0v) is 23.9. The van der Waals surface area contributed by atoms with Crippen LogP contribution in [0.3, 0.4) is 0 Å². The molecule has 3 aromatic rings. The van der Waals surface area contributed by atoms with Crippen molar-refractivity contribution in [3.05, 3.63) is 91.1 Å². The number of nitrogens with one attached hydrogen (secondary N) is 1. The first-order valence-corrected chi connectivity index (χ1v) is 14.0. The number of piperazine rings is 1. The minimum absolute atomic E-state index is 0.0933. The molecule has 2 atom stereocenters. The van der Waals surface area contributed by atoms with Crippen molar-refractivity contribution in [3.63, 3.8) is 0 Å². The Labute approximate surface area is 241 Å². The molecule has 210 valence electrons. The van der Waals surface area contributed by atoms with Gasteiger partial charge in [0.2, 0.25) is 12.3 Å². The van der Waals surface area contributed by atoms with Gasteiger partial charge < -0.3 is 10.1 Å². The van der Waals surface area contributed by atoms with Crippen molar-refractivity contribution in [2.45, 2.75) is 32.0 Å². The molecule has 0 bridgehead atoms. The monoisotopic (exact) mass is 583 g/mol. The van der Waals surface area contributed by atoms with Crippen molar-refractivity contribution in [2.75, 3.05) is 26.7 Å². The summed E-state index contributed by atoms with van der Waals surface area (Å²) < 4.78 is 5.88. The Hall–Kier alpha value is -3.80. The standard InChI is InChI=1S/C23H20ClN3O4S.C5H10N2O/c1-14(2)31-20-11-18(27(29)30)7-8-19(20)23-25-21(16-9-10-32-12-16)22(26(23)13-28)15-3-5-17(24)6-4-15;1-7-3-2-6-5(8)4-7/h3-14,21-22H,1-2H3;2-4H2,1H3,(H,6,8). The van der Waals surface area contributed by atoms with Crippen LogP contribution in [0.25, 0.3) is 0 Å². The maximum atomic E-state index is 12.3. The van der Waals surface area contributed by atoms with E-state index in [4.69, 9.17) is 21.3 Å². The summed E-state index contributed by atoms with van der Waals surface area (Å²) in [6.45, 7) is 6.00. The third-order valence-corrected chi connectivity index (χ3v) is 7.28.